The van der Waals surface area contributed by atoms with Gasteiger partial charge in [-0.25, -0.2) is 9.37 Å². The van der Waals surface area contributed by atoms with E-state index >= 15 is 0 Å². The number of fused-ring (bicyclic) bond motifs is 3. The maximum Gasteiger partial charge on any atom is 0.227 e. The van der Waals surface area contributed by atoms with Gasteiger partial charge in [-0.15, -0.1) is 0 Å². The number of halogens is 1. The maximum absolute atomic E-state index is 14.6. The van der Waals surface area contributed by atoms with E-state index in [0.717, 1.165) is 42.6 Å². The van der Waals surface area contributed by atoms with Gasteiger partial charge >= 0.3 is 0 Å². The van der Waals surface area contributed by atoms with Gasteiger partial charge in [-0.1, -0.05) is 30.3 Å². The lowest BCUT2D eigenvalue weighted by Crippen LogP contribution is -2.32. The highest BCUT2D eigenvalue weighted by Crippen LogP contribution is 2.44. The summed E-state index contributed by atoms with van der Waals surface area (Å²) in [7, 11) is 0. The predicted octanol–water partition coefficient (Wildman–Crippen LogP) is 4.79. The van der Waals surface area contributed by atoms with Crippen LogP contribution in [0.3, 0.4) is 0 Å². The zero-order valence-corrected chi connectivity index (χ0v) is 17.2. The molecule has 1 aliphatic carbocycles. The molecule has 160 valence electrons. The number of hydrogen-bond donors (Lipinski definition) is 2. The van der Waals surface area contributed by atoms with E-state index in [1.165, 1.54) is 6.07 Å². The molecule has 1 fully saturated rings. The number of para-hydroxylation sites is 1. The Hall–Kier alpha value is -2.99. The standard InChI is InChI=1S/C25H26FN3O2/c26-20-8-4-7-19-22-14-27-15-29(22)21(24(19)20)13-23(30)16-9-11-17(12-10-16)25(31)28-18-5-2-1-3-6-18/h1-8,14-17,21,23,30H,9-13H2,(H,28,31). The van der Waals surface area contributed by atoms with Gasteiger partial charge < -0.3 is 15.0 Å². The normalized spacial score (nSPS) is 23.1. The molecule has 0 bridgehead atoms. The van der Waals surface area contributed by atoms with Crippen molar-refractivity contribution in [1.82, 2.24) is 9.55 Å². The Balaban J connectivity index is 1.22. The van der Waals surface area contributed by atoms with Crippen molar-refractivity contribution in [3.8, 4) is 11.3 Å². The number of imidazole rings is 1. The molecule has 0 radical (unpaired) electrons. The van der Waals surface area contributed by atoms with Crippen molar-refractivity contribution in [2.75, 3.05) is 5.32 Å². The summed E-state index contributed by atoms with van der Waals surface area (Å²) in [6.07, 6.45) is 6.47. The Morgan fingerprint density at radius 1 is 1.13 bits per heavy atom. The van der Waals surface area contributed by atoms with Crippen LogP contribution < -0.4 is 5.32 Å². The van der Waals surface area contributed by atoms with Gasteiger partial charge in [0.15, 0.2) is 0 Å². The molecule has 6 heteroatoms. The van der Waals surface area contributed by atoms with Crippen LogP contribution in [0.25, 0.3) is 11.3 Å². The van der Waals surface area contributed by atoms with Gasteiger partial charge in [0.05, 0.1) is 30.4 Å². The first-order chi connectivity index (χ1) is 15.1. The predicted molar refractivity (Wildman–Crippen MR) is 117 cm³/mol. The van der Waals surface area contributed by atoms with Crippen molar-refractivity contribution in [2.45, 2.75) is 44.2 Å². The third-order valence-corrected chi connectivity index (χ3v) is 6.86. The number of aromatic nitrogens is 2. The second-order valence-corrected chi connectivity index (χ2v) is 8.67. The van der Waals surface area contributed by atoms with Gasteiger partial charge in [-0.05, 0) is 56.2 Å². The molecular formula is C25H26FN3O2. The lowest BCUT2D eigenvalue weighted by Gasteiger charge is -2.32. The van der Waals surface area contributed by atoms with Crippen molar-refractivity contribution < 1.29 is 14.3 Å². The first kappa shape index (κ1) is 19.9. The molecule has 2 heterocycles. The number of carbonyl (C=O) groups is 1. The highest BCUT2D eigenvalue weighted by atomic mass is 19.1. The fourth-order valence-electron chi connectivity index (χ4n) is 5.18. The Morgan fingerprint density at radius 3 is 2.68 bits per heavy atom. The van der Waals surface area contributed by atoms with Crippen molar-refractivity contribution in [3.63, 3.8) is 0 Å². The van der Waals surface area contributed by atoms with E-state index in [1.54, 1.807) is 18.6 Å². The SMILES string of the molecule is O=C(Nc1ccccc1)C1CCC(C(O)CC2c3c(F)cccc3-c3cncn32)CC1. The summed E-state index contributed by atoms with van der Waals surface area (Å²) in [6, 6.07) is 14.4. The number of nitrogens with one attached hydrogen (secondary N) is 1. The first-order valence-corrected chi connectivity index (χ1v) is 11.0. The van der Waals surface area contributed by atoms with Gasteiger partial charge in [0.1, 0.15) is 5.82 Å². The second kappa shape index (κ2) is 8.27. The van der Waals surface area contributed by atoms with Crippen molar-refractivity contribution >= 4 is 11.6 Å². The van der Waals surface area contributed by atoms with Crippen LogP contribution in [0, 0.1) is 17.7 Å². The molecule has 1 amide bonds. The smallest absolute Gasteiger partial charge is 0.227 e. The fourth-order valence-corrected chi connectivity index (χ4v) is 5.18. The zero-order valence-electron chi connectivity index (χ0n) is 17.2. The number of anilines is 1. The van der Waals surface area contributed by atoms with Crippen LogP contribution in [-0.4, -0.2) is 26.7 Å². The molecule has 2 aliphatic rings. The van der Waals surface area contributed by atoms with Gasteiger partial charge in [0.2, 0.25) is 5.91 Å². The third kappa shape index (κ3) is 3.76. The highest BCUT2D eigenvalue weighted by molar-refractivity contribution is 5.92. The third-order valence-electron chi connectivity index (χ3n) is 6.86. The summed E-state index contributed by atoms with van der Waals surface area (Å²) in [4.78, 5) is 16.8. The molecule has 31 heavy (non-hydrogen) atoms. The Labute approximate surface area is 180 Å². The molecular weight excluding hydrogens is 393 g/mol. The van der Waals surface area contributed by atoms with Crippen LogP contribution in [0.15, 0.2) is 61.1 Å². The lowest BCUT2D eigenvalue weighted by atomic mass is 9.77. The Bertz CT molecular complexity index is 1070. The van der Waals surface area contributed by atoms with E-state index in [2.05, 4.69) is 10.3 Å². The average molecular weight is 420 g/mol. The number of benzene rings is 2. The number of carbonyl (C=O) groups excluding carboxylic acids is 1. The van der Waals surface area contributed by atoms with Crippen LogP contribution >= 0.6 is 0 Å². The van der Waals surface area contributed by atoms with E-state index in [4.69, 9.17) is 0 Å². The molecule has 2 unspecified atom stereocenters. The molecule has 0 saturated heterocycles. The molecule has 5 nitrogen and oxygen atoms in total. The number of amides is 1. The largest absolute Gasteiger partial charge is 0.393 e. The lowest BCUT2D eigenvalue weighted by molar-refractivity contribution is -0.121. The van der Waals surface area contributed by atoms with Crippen LogP contribution in [0.5, 0.6) is 0 Å². The Kier molecular flexibility index (Phi) is 5.32. The number of aliphatic hydroxyl groups is 1. The molecule has 1 aromatic heterocycles. The fraction of sp³-hybridized carbons (Fsp3) is 0.360. The van der Waals surface area contributed by atoms with Crippen molar-refractivity contribution in [2.24, 2.45) is 11.8 Å². The minimum absolute atomic E-state index is 0.0337. The molecule has 2 aromatic carbocycles. The monoisotopic (exact) mass is 419 g/mol. The quantitative estimate of drug-likeness (QED) is 0.625. The molecule has 2 atom stereocenters. The summed E-state index contributed by atoms with van der Waals surface area (Å²) in [5, 5.41) is 14.0. The van der Waals surface area contributed by atoms with Gasteiger partial charge in [-0.3, -0.25) is 4.79 Å². The summed E-state index contributed by atoms with van der Waals surface area (Å²) in [6.45, 7) is 0. The number of hydrogen-bond acceptors (Lipinski definition) is 3. The molecule has 1 saturated carbocycles. The highest BCUT2D eigenvalue weighted by Gasteiger charge is 2.36. The van der Waals surface area contributed by atoms with Gasteiger partial charge in [0, 0.05) is 22.7 Å². The minimum atomic E-state index is -0.552. The zero-order chi connectivity index (χ0) is 21.4. The molecule has 1 aliphatic heterocycles. The number of rotatable bonds is 5. The topological polar surface area (TPSA) is 67.2 Å². The van der Waals surface area contributed by atoms with Crippen LogP contribution in [0.1, 0.15) is 43.7 Å². The number of nitrogens with zero attached hydrogens (tertiary/aromatic N) is 2. The van der Waals surface area contributed by atoms with Crippen LogP contribution in [0.4, 0.5) is 10.1 Å². The number of aliphatic hydroxyl groups excluding tert-OH is 1. The molecule has 0 spiro atoms. The molecule has 3 aromatic rings. The van der Waals surface area contributed by atoms with Gasteiger partial charge in [-0.2, -0.15) is 0 Å². The van der Waals surface area contributed by atoms with Gasteiger partial charge in [0.25, 0.3) is 0 Å². The maximum atomic E-state index is 14.6. The minimum Gasteiger partial charge on any atom is -0.393 e. The van der Waals surface area contributed by atoms with Crippen LogP contribution in [0.2, 0.25) is 0 Å². The Morgan fingerprint density at radius 2 is 1.90 bits per heavy atom. The summed E-state index contributed by atoms with van der Waals surface area (Å²) >= 11 is 0. The van der Waals surface area contributed by atoms with E-state index in [1.807, 2.05) is 41.0 Å². The molecule has 5 rings (SSSR count). The van der Waals surface area contributed by atoms with E-state index in [-0.39, 0.29) is 29.6 Å². The van der Waals surface area contributed by atoms with E-state index < -0.39 is 6.10 Å². The summed E-state index contributed by atoms with van der Waals surface area (Å²) < 4.78 is 16.6. The van der Waals surface area contributed by atoms with Crippen LogP contribution in [-0.2, 0) is 4.79 Å². The van der Waals surface area contributed by atoms with E-state index in [0.29, 0.717) is 12.0 Å². The van der Waals surface area contributed by atoms with Crippen molar-refractivity contribution in [1.29, 1.82) is 0 Å². The van der Waals surface area contributed by atoms with E-state index in [9.17, 15) is 14.3 Å². The first-order valence-electron chi connectivity index (χ1n) is 11.0. The summed E-state index contributed by atoms with van der Waals surface area (Å²) in [5.74, 6) is -0.106. The molecule has 2 N–H and O–H groups in total. The second-order valence-electron chi connectivity index (χ2n) is 8.67. The average Bonchev–Trinajstić information content (AvgIpc) is 3.38. The summed E-state index contributed by atoms with van der Waals surface area (Å²) in [5.41, 5.74) is 3.21. The van der Waals surface area contributed by atoms with Crippen molar-refractivity contribution in [3.05, 3.63) is 72.4 Å².